The van der Waals surface area contributed by atoms with Crippen LogP contribution in [-0.2, 0) is 0 Å². The van der Waals surface area contributed by atoms with Gasteiger partial charge in [-0.1, -0.05) is 49.1 Å². The van der Waals surface area contributed by atoms with Crippen LogP contribution in [0.4, 0.5) is 0 Å². The standard InChI is InChI=1S/C16H19NSi/c1-11-5-7-13-14-8-6-12(18(2,3)4)10-16(14)17-15(13)9-11/h5-10,17H,1-4H3. The fraction of sp³-hybridized carbons (Fsp3) is 0.250. The summed E-state index contributed by atoms with van der Waals surface area (Å²) in [6, 6.07) is 13.6. The molecule has 1 heterocycles. The molecule has 0 atom stereocenters. The highest BCUT2D eigenvalue weighted by molar-refractivity contribution is 6.88. The zero-order valence-electron chi connectivity index (χ0n) is 11.5. The third-order valence-electron chi connectivity index (χ3n) is 3.62. The van der Waals surface area contributed by atoms with Crippen molar-refractivity contribution >= 4 is 35.1 Å². The van der Waals surface area contributed by atoms with Crippen molar-refractivity contribution in [2.45, 2.75) is 26.6 Å². The summed E-state index contributed by atoms with van der Waals surface area (Å²) < 4.78 is 0. The van der Waals surface area contributed by atoms with E-state index in [1.54, 1.807) is 0 Å². The molecule has 18 heavy (non-hydrogen) atoms. The van der Waals surface area contributed by atoms with E-state index in [2.05, 4.69) is 67.9 Å². The first-order chi connectivity index (χ1) is 8.45. The van der Waals surface area contributed by atoms with E-state index >= 15 is 0 Å². The highest BCUT2D eigenvalue weighted by Gasteiger charge is 2.17. The van der Waals surface area contributed by atoms with Crippen molar-refractivity contribution in [2.75, 3.05) is 0 Å². The van der Waals surface area contributed by atoms with Gasteiger partial charge in [-0.3, -0.25) is 0 Å². The average molecular weight is 253 g/mol. The van der Waals surface area contributed by atoms with Gasteiger partial charge in [0.2, 0.25) is 0 Å². The molecule has 0 fully saturated rings. The first kappa shape index (κ1) is 11.5. The summed E-state index contributed by atoms with van der Waals surface area (Å²) in [6.45, 7) is 9.31. The highest BCUT2D eigenvalue weighted by Crippen LogP contribution is 2.25. The quantitative estimate of drug-likeness (QED) is 0.626. The molecule has 1 N–H and O–H groups in total. The Labute approximate surface area is 109 Å². The largest absolute Gasteiger partial charge is 0.355 e. The second-order valence-corrected chi connectivity index (χ2v) is 11.3. The summed E-state index contributed by atoms with van der Waals surface area (Å²) in [4.78, 5) is 3.55. The van der Waals surface area contributed by atoms with Crippen LogP contribution in [0.3, 0.4) is 0 Å². The van der Waals surface area contributed by atoms with Crippen molar-refractivity contribution in [1.29, 1.82) is 0 Å². The van der Waals surface area contributed by atoms with Crippen LogP contribution in [0.25, 0.3) is 21.8 Å². The smallest absolute Gasteiger partial charge is 0.0776 e. The van der Waals surface area contributed by atoms with Crippen molar-refractivity contribution in [3.05, 3.63) is 42.0 Å². The number of hydrogen-bond acceptors (Lipinski definition) is 0. The normalized spacial score (nSPS) is 12.4. The average Bonchev–Trinajstić information content (AvgIpc) is 2.63. The Kier molecular flexibility index (Phi) is 2.39. The van der Waals surface area contributed by atoms with Crippen molar-refractivity contribution in [3.8, 4) is 0 Å². The van der Waals surface area contributed by atoms with Gasteiger partial charge in [-0.25, -0.2) is 0 Å². The maximum Gasteiger partial charge on any atom is 0.0776 e. The minimum Gasteiger partial charge on any atom is -0.355 e. The summed E-state index contributed by atoms with van der Waals surface area (Å²) in [7, 11) is -1.23. The molecule has 0 aliphatic heterocycles. The van der Waals surface area contributed by atoms with Gasteiger partial charge in [0.25, 0.3) is 0 Å². The van der Waals surface area contributed by atoms with Crippen molar-refractivity contribution < 1.29 is 0 Å². The first-order valence-corrected chi connectivity index (χ1v) is 9.98. The fourth-order valence-electron chi connectivity index (χ4n) is 2.49. The van der Waals surface area contributed by atoms with Crippen LogP contribution in [0.15, 0.2) is 36.4 Å². The predicted octanol–water partition coefficient (Wildman–Crippen LogP) is 4.17. The molecule has 2 aromatic carbocycles. The molecule has 0 bridgehead atoms. The Hall–Kier alpha value is -1.54. The molecule has 0 aliphatic carbocycles. The molecule has 0 amide bonds. The van der Waals surface area contributed by atoms with Gasteiger partial charge in [0.05, 0.1) is 8.07 Å². The van der Waals surface area contributed by atoms with Crippen LogP contribution in [0, 0.1) is 6.92 Å². The van der Waals surface area contributed by atoms with Gasteiger partial charge in [-0.15, -0.1) is 0 Å². The zero-order valence-corrected chi connectivity index (χ0v) is 12.5. The number of nitrogens with one attached hydrogen (secondary N) is 1. The van der Waals surface area contributed by atoms with E-state index in [0.29, 0.717) is 0 Å². The molecular weight excluding hydrogens is 234 g/mol. The Bertz CT molecular complexity index is 732. The van der Waals surface area contributed by atoms with Gasteiger partial charge in [0, 0.05) is 21.8 Å². The molecule has 0 saturated carbocycles. The number of fused-ring (bicyclic) bond motifs is 3. The van der Waals surface area contributed by atoms with Crippen LogP contribution >= 0.6 is 0 Å². The Morgan fingerprint density at radius 2 is 1.44 bits per heavy atom. The Morgan fingerprint density at radius 1 is 0.833 bits per heavy atom. The Morgan fingerprint density at radius 3 is 2.11 bits per heavy atom. The lowest BCUT2D eigenvalue weighted by Gasteiger charge is -2.16. The topological polar surface area (TPSA) is 15.8 Å². The van der Waals surface area contributed by atoms with E-state index in [0.717, 1.165) is 0 Å². The maximum absolute atomic E-state index is 3.55. The number of aromatic amines is 1. The number of aryl methyl sites for hydroxylation is 1. The van der Waals surface area contributed by atoms with E-state index in [1.165, 1.54) is 32.6 Å². The van der Waals surface area contributed by atoms with Crippen LogP contribution < -0.4 is 5.19 Å². The summed E-state index contributed by atoms with van der Waals surface area (Å²) in [5.74, 6) is 0. The third kappa shape index (κ3) is 1.77. The van der Waals surface area contributed by atoms with E-state index in [1.807, 2.05) is 0 Å². The highest BCUT2D eigenvalue weighted by atomic mass is 28.3. The van der Waals surface area contributed by atoms with Gasteiger partial charge >= 0.3 is 0 Å². The molecule has 1 nitrogen and oxygen atoms in total. The lowest BCUT2D eigenvalue weighted by Crippen LogP contribution is -2.37. The number of hydrogen-bond donors (Lipinski definition) is 1. The minimum atomic E-state index is -1.23. The van der Waals surface area contributed by atoms with Gasteiger partial charge in [0.1, 0.15) is 0 Å². The summed E-state index contributed by atoms with van der Waals surface area (Å²) in [6.07, 6.45) is 0. The van der Waals surface area contributed by atoms with Gasteiger partial charge in [-0.2, -0.15) is 0 Å². The van der Waals surface area contributed by atoms with Crippen molar-refractivity contribution in [1.82, 2.24) is 4.98 Å². The summed E-state index contributed by atoms with van der Waals surface area (Å²) in [5.41, 5.74) is 3.83. The van der Waals surface area contributed by atoms with Crippen LogP contribution in [0.1, 0.15) is 5.56 Å². The van der Waals surface area contributed by atoms with E-state index in [9.17, 15) is 0 Å². The first-order valence-electron chi connectivity index (χ1n) is 6.48. The maximum atomic E-state index is 3.55. The third-order valence-corrected chi connectivity index (χ3v) is 5.66. The molecule has 0 aliphatic rings. The molecule has 3 aromatic rings. The molecule has 0 unspecified atom stereocenters. The molecule has 3 rings (SSSR count). The van der Waals surface area contributed by atoms with Crippen molar-refractivity contribution in [2.24, 2.45) is 0 Å². The zero-order chi connectivity index (χ0) is 12.9. The predicted molar refractivity (Wildman–Crippen MR) is 83.5 cm³/mol. The van der Waals surface area contributed by atoms with Crippen LogP contribution in [0.5, 0.6) is 0 Å². The summed E-state index contributed by atoms with van der Waals surface area (Å²) in [5, 5.41) is 4.18. The van der Waals surface area contributed by atoms with Crippen LogP contribution in [-0.4, -0.2) is 13.1 Å². The van der Waals surface area contributed by atoms with Crippen LogP contribution in [0.2, 0.25) is 19.6 Å². The molecule has 0 spiro atoms. The van der Waals surface area contributed by atoms with E-state index < -0.39 is 8.07 Å². The Balaban J connectivity index is 2.33. The second-order valence-electron chi connectivity index (χ2n) is 6.18. The number of H-pyrrole nitrogens is 1. The van der Waals surface area contributed by atoms with E-state index in [4.69, 9.17) is 0 Å². The fourth-order valence-corrected chi connectivity index (χ4v) is 3.65. The summed E-state index contributed by atoms with van der Waals surface area (Å²) >= 11 is 0. The second kappa shape index (κ2) is 3.72. The molecule has 0 saturated heterocycles. The monoisotopic (exact) mass is 253 g/mol. The molecule has 1 aromatic heterocycles. The van der Waals surface area contributed by atoms with Gasteiger partial charge in [-0.05, 0) is 24.6 Å². The molecule has 0 radical (unpaired) electrons. The SMILES string of the molecule is Cc1ccc2c(c1)[nH]c1cc([Si](C)(C)C)ccc12. The number of aromatic nitrogens is 1. The molecule has 2 heteroatoms. The number of benzene rings is 2. The van der Waals surface area contributed by atoms with E-state index in [-0.39, 0.29) is 0 Å². The lowest BCUT2D eigenvalue weighted by atomic mass is 10.1. The number of rotatable bonds is 1. The lowest BCUT2D eigenvalue weighted by molar-refractivity contribution is 1.47. The van der Waals surface area contributed by atoms with Gasteiger partial charge < -0.3 is 4.98 Å². The van der Waals surface area contributed by atoms with Gasteiger partial charge in [0.15, 0.2) is 0 Å². The molecular formula is C16H19NSi. The minimum absolute atomic E-state index is 1.23. The molecule has 92 valence electrons. The van der Waals surface area contributed by atoms with Crippen molar-refractivity contribution in [3.63, 3.8) is 0 Å².